The van der Waals surface area contributed by atoms with Crippen LogP contribution in [0.15, 0.2) is 46.9 Å². The predicted molar refractivity (Wildman–Crippen MR) is 82.2 cm³/mol. The highest BCUT2D eigenvalue weighted by atomic mass is 79.9. The quantitative estimate of drug-likeness (QED) is 0.652. The number of benzene rings is 2. The molecule has 0 saturated heterocycles. The van der Waals surface area contributed by atoms with Crippen molar-refractivity contribution >= 4 is 21.6 Å². The highest BCUT2D eigenvalue weighted by Crippen LogP contribution is 2.29. The summed E-state index contributed by atoms with van der Waals surface area (Å²) in [6.45, 7) is 1.94. The molecule has 2 rings (SSSR count). The number of halogens is 1. The number of nitro groups is 1. The highest BCUT2D eigenvalue weighted by Gasteiger charge is 2.10. The van der Waals surface area contributed by atoms with Crippen LogP contribution >= 0.6 is 15.9 Å². The molecule has 0 spiro atoms. The number of rotatable bonds is 5. The lowest BCUT2D eigenvalue weighted by molar-refractivity contribution is -0.384. The molecule has 2 aromatic rings. The Hall–Kier alpha value is -1.92. The van der Waals surface area contributed by atoms with Crippen LogP contribution in [-0.4, -0.2) is 10.0 Å². The SMILES string of the molecule is C[C@@H](O)c1cc(Br)ccc1OCc1ccc([N+](=O)[O-])cc1. The van der Waals surface area contributed by atoms with E-state index in [0.717, 1.165) is 10.0 Å². The standard InChI is InChI=1S/C15H14BrNO4/c1-10(18)14-8-12(16)4-7-15(14)21-9-11-2-5-13(6-3-11)17(19)20/h2-8,10,18H,9H2,1H3/t10-/m1/s1. The van der Waals surface area contributed by atoms with Gasteiger partial charge >= 0.3 is 0 Å². The number of nitro benzene ring substituents is 1. The second-order valence-corrected chi connectivity index (χ2v) is 5.49. The molecule has 2 aromatic carbocycles. The minimum atomic E-state index is -0.644. The molecule has 0 radical (unpaired) electrons. The molecule has 0 aromatic heterocycles. The van der Waals surface area contributed by atoms with Gasteiger partial charge < -0.3 is 9.84 Å². The highest BCUT2D eigenvalue weighted by molar-refractivity contribution is 9.10. The van der Waals surface area contributed by atoms with Crippen LogP contribution < -0.4 is 4.74 Å². The Morgan fingerprint density at radius 2 is 1.95 bits per heavy atom. The molecule has 0 fully saturated rings. The minimum absolute atomic E-state index is 0.0482. The number of hydrogen-bond donors (Lipinski definition) is 1. The fourth-order valence-corrected chi connectivity index (χ4v) is 2.23. The molecule has 1 N–H and O–H groups in total. The van der Waals surface area contributed by atoms with Crippen molar-refractivity contribution in [1.29, 1.82) is 0 Å². The Morgan fingerprint density at radius 3 is 2.52 bits per heavy atom. The molecule has 0 heterocycles. The molecule has 0 aliphatic rings. The van der Waals surface area contributed by atoms with Crippen molar-refractivity contribution in [2.45, 2.75) is 19.6 Å². The summed E-state index contributed by atoms with van der Waals surface area (Å²) in [5, 5.41) is 20.3. The zero-order valence-electron chi connectivity index (χ0n) is 11.3. The van der Waals surface area contributed by atoms with Crippen LogP contribution in [0.2, 0.25) is 0 Å². The summed E-state index contributed by atoms with van der Waals surface area (Å²) in [5.74, 6) is 0.589. The van der Waals surface area contributed by atoms with Crippen molar-refractivity contribution in [2.24, 2.45) is 0 Å². The largest absolute Gasteiger partial charge is 0.489 e. The Morgan fingerprint density at radius 1 is 1.29 bits per heavy atom. The maximum Gasteiger partial charge on any atom is 0.269 e. The number of hydrogen-bond acceptors (Lipinski definition) is 4. The van der Waals surface area contributed by atoms with Crippen molar-refractivity contribution in [1.82, 2.24) is 0 Å². The molecule has 0 amide bonds. The molecule has 5 nitrogen and oxygen atoms in total. The van der Waals surface area contributed by atoms with Gasteiger partial charge in [0.2, 0.25) is 0 Å². The summed E-state index contributed by atoms with van der Waals surface area (Å²) in [5.41, 5.74) is 1.55. The fourth-order valence-electron chi connectivity index (χ4n) is 1.85. The molecule has 0 aliphatic carbocycles. The minimum Gasteiger partial charge on any atom is -0.489 e. The van der Waals surface area contributed by atoms with E-state index in [1.165, 1.54) is 12.1 Å². The van der Waals surface area contributed by atoms with E-state index < -0.39 is 11.0 Å². The lowest BCUT2D eigenvalue weighted by Gasteiger charge is -2.14. The lowest BCUT2D eigenvalue weighted by Crippen LogP contribution is -2.01. The first-order valence-electron chi connectivity index (χ1n) is 6.31. The number of non-ortho nitro benzene ring substituents is 1. The monoisotopic (exact) mass is 351 g/mol. The molecule has 0 saturated carbocycles. The molecule has 21 heavy (non-hydrogen) atoms. The summed E-state index contributed by atoms with van der Waals surface area (Å²) in [6, 6.07) is 11.6. The van der Waals surface area contributed by atoms with Gasteiger partial charge in [0.1, 0.15) is 12.4 Å². The van der Waals surface area contributed by atoms with E-state index in [9.17, 15) is 15.2 Å². The predicted octanol–water partition coefficient (Wildman–Crippen LogP) is 3.99. The van der Waals surface area contributed by atoms with Gasteiger partial charge in [-0.15, -0.1) is 0 Å². The van der Waals surface area contributed by atoms with Crippen molar-refractivity contribution < 1.29 is 14.8 Å². The summed E-state index contributed by atoms with van der Waals surface area (Å²) in [4.78, 5) is 10.1. The third kappa shape index (κ3) is 4.03. The van der Waals surface area contributed by atoms with E-state index in [-0.39, 0.29) is 12.3 Å². The van der Waals surface area contributed by atoms with Gasteiger partial charge in [0.05, 0.1) is 11.0 Å². The van der Waals surface area contributed by atoms with Crippen LogP contribution in [0.4, 0.5) is 5.69 Å². The topological polar surface area (TPSA) is 72.6 Å². The van der Waals surface area contributed by atoms with E-state index >= 15 is 0 Å². The molecular weight excluding hydrogens is 338 g/mol. The summed E-state index contributed by atoms with van der Waals surface area (Å²) in [6.07, 6.45) is -0.644. The first-order chi connectivity index (χ1) is 9.97. The van der Waals surface area contributed by atoms with Gasteiger partial charge in [-0.1, -0.05) is 15.9 Å². The normalized spacial score (nSPS) is 12.0. The molecule has 6 heteroatoms. The average Bonchev–Trinajstić information content (AvgIpc) is 2.46. The second-order valence-electron chi connectivity index (χ2n) is 4.57. The van der Waals surface area contributed by atoms with Crippen LogP contribution in [0.5, 0.6) is 5.75 Å². The van der Waals surface area contributed by atoms with E-state index in [2.05, 4.69) is 15.9 Å². The van der Waals surface area contributed by atoms with Crippen LogP contribution in [0, 0.1) is 10.1 Å². The summed E-state index contributed by atoms with van der Waals surface area (Å²) in [7, 11) is 0. The van der Waals surface area contributed by atoms with E-state index in [4.69, 9.17) is 4.74 Å². The third-order valence-corrected chi connectivity index (χ3v) is 3.46. The van der Waals surface area contributed by atoms with Gasteiger partial charge in [0.15, 0.2) is 0 Å². The van der Waals surface area contributed by atoms with Gasteiger partial charge in [0, 0.05) is 22.2 Å². The van der Waals surface area contributed by atoms with Crippen molar-refractivity contribution in [3.63, 3.8) is 0 Å². The molecule has 0 bridgehead atoms. The number of ether oxygens (including phenoxy) is 1. The number of aliphatic hydroxyl groups is 1. The number of nitrogens with zero attached hydrogens (tertiary/aromatic N) is 1. The maximum atomic E-state index is 10.6. The Bertz CT molecular complexity index is 641. The first kappa shape index (κ1) is 15.5. The second kappa shape index (κ2) is 6.69. The lowest BCUT2D eigenvalue weighted by atomic mass is 10.1. The van der Waals surface area contributed by atoms with E-state index in [1.54, 1.807) is 31.2 Å². The smallest absolute Gasteiger partial charge is 0.269 e. The summed E-state index contributed by atoms with van der Waals surface area (Å²) < 4.78 is 6.55. The van der Waals surface area contributed by atoms with Crippen LogP contribution in [0.25, 0.3) is 0 Å². The molecule has 1 atom stereocenters. The van der Waals surface area contributed by atoms with Gasteiger partial charge in [-0.25, -0.2) is 0 Å². The first-order valence-corrected chi connectivity index (χ1v) is 7.10. The Labute approximate surface area is 130 Å². The molecule has 0 aliphatic heterocycles. The fraction of sp³-hybridized carbons (Fsp3) is 0.200. The van der Waals surface area contributed by atoms with E-state index in [0.29, 0.717) is 11.3 Å². The molecular formula is C15H14BrNO4. The number of aliphatic hydroxyl groups excluding tert-OH is 1. The average molecular weight is 352 g/mol. The van der Waals surface area contributed by atoms with Crippen LogP contribution in [-0.2, 0) is 6.61 Å². The Balaban J connectivity index is 2.11. The third-order valence-electron chi connectivity index (χ3n) is 2.96. The molecule has 110 valence electrons. The van der Waals surface area contributed by atoms with Crippen LogP contribution in [0.3, 0.4) is 0 Å². The van der Waals surface area contributed by atoms with Crippen molar-refractivity contribution in [3.8, 4) is 5.75 Å². The maximum absolute atomic E-state index is 10.6. The van der Waals surface area contributed by atoms with Crippen LogP contribution in [0.1, 0.15) is 24.2 Å². The van der Waals surface area contributed by atoms with Crippen molar-refractivity contribution in [2.75, 3.05) is 0 Å². The van der Waals surface area contributed by atoms with Gasteiger partial charge in [-0.05, 0) is 42.8 Å². The van der Waals surface area contributed by atoms with Gasteiger partial charge in [0.25, 0.3) is 5.69 Å². The summed E-state index contributed by atoms with van der Waals surface area (Å²) >= 11 is 3.35. The zero-order valence-corrected chi connectivity index (χ0v) is 12.9. The van der Waals surface area contributed by atoms with Gasteiger partial charge in [-0.2, -0.15) is 0 Å². The molecule has 0 unspecified atom stereocenters. The van der Waals surface area contributed by atoms with Gasteiger partial charge in [-0.3, -0.25) is 10.1 Å². The zero-order chi connectivity index (χ0) is 15.4. The Kier molecular flexibility index (Phi) is 4.93. The van der Waals surface area contributed by atoms with E-state index in [1.807, 2.05) is 6.07 Å². The van der Waals surface area contributed by atoms with Crippen molar-refractivity contribution in [3.05, 3.63) is 68.2 Å².